The SMILES string of the molecule is Cc1cc(/C=N\Nc2c(F)c(F)nc(F)c2F)c(C)n1CC(C)C. The molecule has 24 heavy (non-hydrogen) atoms. The molecule has 2 heterocycles. The summed E-state index contributed by atoms with van der Waals surface area (Å²) in [4.78, 5) is 2.48. The van der Waals surface area contributed by atoms with Gasteiger partial charge in [0, 0.05) is 23.5 Å². The summed E-state index contributed by atoms with van der Waals surface area (Å²) in [5, 5.41) is 3.68. The number of nitrogens with one attached hydrogen (secondary N) is 1. The Morgan fingerprint density at radius 2 is 1.75 bits per heavy atom. The standard InChI is InChI=1S/C16H18F4N4/c1-8(2)7-24-9(3)5-11(10(24)4)6-21-23-14-12(17)15(19)22-16(20)13(14)18/h5-6,8H,7H2,1-4H3,(H,22,23)/b21-6-. The second-order valence-electron chi connectivity index (χ2n) is 5.90. The van der Waals surface area contributed by atoms with Crippen molar-refractivity contribution in [3.63, 3.8) is 0 Å². The van der Waals surface area contributed by atoms with Crippen molar-refractivity contribution < 1.29 is 17.6 Å². The minimum absolute atomic E-state index is 0.448. The van der Waals surface area contributed by atoms with Crippen molar-refractivity contribution in [3.8, 4) is 0 Å². The maximum Gasteiger partial charge on any atom is 0.254 e. The van der Waals surface area contributed by atoms with E-state index in [1.54, 1.807) is 0 Å². The topological polar surface area (TPSA) is 42.2 Å². The number of hydrazone groups is 1. The van der Waals surface area contributed by atoms with Crippen molar-refractivity contribution in [1.82, 2.24) is 9.55 Å². The molecule has 2 rings (SSSR count). The highest BCUT2D eigenvalue weighted by molar-refractivity contribution is 5.82. The summed E-state index contributed by atoms with van der Waals surface area (Å²) in [6, 6.07) is 1.86. The van der Waals surface area contributed by atoms with E-state index in [4.69, 9.17) is 0 Å². The molecule has 0 fully saturated rings. The lowest BCUT2D eigenvalue weighted by atomic mass is 10.2. The van der Waals surface area contributed by atoms with Crippen LogP contribution in [0.1, 0.15) is 30.8 Å². The fourth-order valence-corrected chi connectivity index (χ4v) is 2.36. The van der Waals surface area contributed by atoms with Crippen molar-refractivity contribution in [2.24, 2.45) is 11.0 Å². The van der Waals surface area contributed by atoms with Crippen LogP contribution in [0.5, 0.6) is 0 Å². The smallest absolute Gasteiger partial charge is 0.254 e. The largest absolute Gasteiger partial charge is 0.348 e. The molecule has 0 radical (unpaired) electrons. The highest BCUT2D eigenvalue weighted by Crippen LogP contribution is 2.22. The zero-order valence-electron chi connectivity index (χ0n) is 13.8. The number of nitrogens with zero attached hydrogens (tertiary/aromatic N) is 3. The van der Waals surface area contributed by atoms with E-state index in [0.29, 0.717) is 5.92 Å². The van der Waals surface area contributed by atoms with Crippen LogP contribution in [0.25, 0.3) is 0 Å². The van der Waals surface area contributed by atoms with Crippen LogP contribution in [0.3, 0.4) is 0 Å². The fourth-order valence-electron chi connectivity index (χ4n) is 2.36. The Balaban J connectivity index is 2.25. The van der Waals surface area contributed by atoms with Gasteiger partial charge in [-0.2, -0.15) is 27.6 Å². The van der Waals surface area contributed by atoms with Crippen LogP contribution in [-0.2, 0) is 6.54 Å². The molecule has 4 nitrogen and oxygen atoms in total. The number of hydrogen-bond donors (Lipinski definition) is 1. The molecule has 2 aromatic heterocycles. The molecule has 0 saturated heterocycles. The first-order valence-electron chi connectivity index (χ1n) is 7.38. The summed E-state index contributed by atoms with van der Waals surface area (Å²) in [7, 11) is 0. The van der Waals surface area contributed by atoms with Crippen molar-refractivity contribution >= 4 is 11.9 Å². The van der Waals surface area contributed by atoms with Crippen molar-refractivity contribution in [1.29, 1.82) is 0 Å². The number of halogens is 4. The number of anilines is 1. The number of pyridine rings is 1. The molecule has 0 saturated carbocycles. The monoisotopic (exact) mass is 342 g/mol. The summed E-state index contributed by atoms with van der Waals surface area (Å²) in [6.07, 6.45) is 1.34. The van der Waals surface area contributed by atoms with Gasteiger partial charge in [0.05, 0.1) is 6.21 Å². The molecule has 0 atom stereocenters. The molecule has 1 N–H and O–H groups in total. The average molecular weight is 342 g/mol. The molecular formula is C16H18F4N4. The predicted molar refractivity (Wildman–Crippen MR) is 84.0 cm³/mol. The second-order valence-corrected chi connectivity index (χ2v) is 5.90. The van der Waals surface area contributed by atoms with Crippen LogP contribution >= 0.6 is 0 Å². The van der Waals surface area contributed by atoms with Gasteiger partial charge in [-0.15, -0.1) is 0 Å². The second kappa shape index (κ2) is 7.02. The van der Waals surface area contributed by atoms with E-state index >= 15 is 0 Å². The van der Waals surface area contributed by atoms with E-state index in [1.807, 2.05) is 25.3 Å². The van der Waals surface area contributed by atoms with Crippen molar-refractivity contribution in [2.75, 3.05) is 5.43 Å². The Kier molecular flexibility index (Phi) is 5.26. The minimum Gasteiger partial charge on any atom is -0.348 e. The molecule has 8 heteroatoms. The maximum atomic E-state index is 13.5. The molecule has 0 aliphatic rings. The first kappa shape index (κ1) is 18.0. The Labute approximate surface area is 137 Å². The van der Waals surface area contributed by atoms with E-state index in [-0.39, 0.29) is 0 Å². The van der Waals surface area contributed by atoms with Crippen LogP contribution < -0.4 is 5.43 Å². The number of aryl methyl sites for hydroxylation is 1. The first-order valence-corrected chi connectivity index (χ1v) is 7.38. The van der Waals surface area contributed by atoms with Gasteiger partial charge in [0.2, 0.25) is 11.6 Å². The highest BCUT2D eigenvalue weighted by Gasteiger charge is 2.20. The lowest BCUT2D eigenvalue weighted by Crippen LogP contribution is -2.08. The van der Waals surface area contributed by atoms with E-state index in [2.05, 4.69) is 28.5 Å². The molecule has 0 bridgehead atoms. The molecule has 130 valence electrons. The van der Waals surface area contributed by atoms with Gasteiger partial charge in [0.15, 0.2) is 0 Å². The summed E-state index contributed by atoms with van der Waals surface area (Å²) in [6.45, 7) is 8.83. The molecule has 0 aromatic carbocycles. The lowest BCUT2D eigenvalue weighted by Gasteiger charge is -2.11. The van der Waals surface area contributed by atoms with Crippen LogP contribution in [0.15, 0.2) is 11.2 Å². The number of rotatable bonds is 5. The Morgan fingerprint density at radius 3 is 2.29 bits per heavy atom. The van der Waals surface area contributed by atoms with Gasteiger partial charge in [-0.1, -0.05) is 13.8 Å². The van der Waals surface area contributed by atoms with Crippen LogP contribution in [-0.4, -0.2) is 15.8 Å². The number of hydrogen-bond acceptors (Lipinski definition) is 3. The molecular weight excluding hydrogens is 324 g/mol. The van der Waals surface area contributed by atoms with Gasteiger partial charge in [-0.05, 0) is 25.8 Å². The van der Waals surface area contributed by atoms with Crippen molar-refractivity contribution in [3.05, 3.63) is 46.5 Å². The Bertz CT molecular complexity index is 755. The van der Waals surface area contributed by atoms with Gasteiger partial charge in [0.25, 0.3) is 11.9 Å². The third kappa shape index (κ3) is 3.58. The zero-order chi connectivity index (χ0) is 18.0. The highest BCUT2D eigenvalue weighted by atomic mass is 19.2. The molecule has 0 spiro atoms. The van der Waals surface area contributed by atoms with E-state index < -0.39 is 29.2 Å². The third-order valence-corrected chi connectivity index (χ3v) is 3.54. The van der Waals surface area contributed by atoms with E-state index in [9.17, 15) is 17.6 Å². The molecule has 0 unspecified atom stereocenters. The molecule has 0 aliphatic carbocycles. The summed E-state index contributed by atoms with van der Waals surface area (Å²) in [5.74, 6) is -6.28. The summed E-state index contributed by atoms with van der Waals surface area (Å²) < 4.78 is 55.1. The van der Waals surface area contributed by atoms with Crippen LogP contribution in [0.2, 0.25) is 0 Å². The van der Waals surface area contributed by atoms with Crippen LogP contribution in [0, 0.1) is 43.3 Å². The quantitative estimate of drug-likeness (QED) is 0.384. The molecule has 0 amide bonds. The Hall–Kier alpha value is -2.38. The molecule has 2 aromatic rings. The van der Waals surface area contributed by atoms with Crippen LogP contribution in [0.4, 0.5) is 23.2 Å². The van der Waals surface area contributed by atoms with Gasteiger partial charge >= 0.3 is 0 Å². The van der Waals surface area contributed by atoms with Gasteiger partial charge in [-0.25, -0.2) is 0 Å². The Morgan fingerprint density at radius 1 is 1.17 bits per heavy atom. The predicted octanol–water partition coefficient (Wildman–Crippen LogP) is 4.16. The van der Waals surface area contributed by atoms with Crippen molar-refractivity contribution in [2.45, 2.75) is 34.2 Å². The third-order valence-electron chi connectivity index (χ3n) is 3.54. The fraction of sp³-hybridized carbons (Fsp3) is 0.375. The molecule has 0 aliphatic heterocycles. The first-order chi connectivity index (χ1) is 11.2. The average Bonchev–Trinajstić information content (AvgIpc) is 2.76. The lowest BCUT2D eigenvalue weighted by molar-refractivity contribution is 0.411. The normalized spacial score (nSPS) is 11.7. The number of aromatic nitrogens is 2. The van der Waals surface area contributed by atoms with E-state index in [1.165, 1.54) is 6.21 Å². The van der Waals surface area contributed by atoms with Gasteiger partial charge < -0.3 is 4.57 Å². The van der Waals surface area contributed by atoms with Gasteiger partial charge in [0.1, 0.15) is 5.69 Å². The zero-order valence-corrected chi connectivity index (χ0v) is 13.8. The van der Waals surface area contributed by atoms with Gasteiger partial charge in [-0.3, -0.25) is 5.43 Å². The summed E-state index contributed by atoms with van der Waals surface area (Å²) >= 11 is 0. The summed E-state index contributed by atoms with van der Waals surface area (Å²) in [5.41, 5.74) is 3.66. The van der Waals surface area contributed by atoms with E-state index in [0.717, 1.165) is 23.5 Å². The maximum absolute atomic E-state index is 13.5. The minimum atomic E-state index is -1.73.